The van der Waals surface area contributed by atoms with Crippen LogP contribution in [-0.4, -0.2) is 15.0 Å². The SMILES string of the molecule is c1ccc(-c2nc(-c3ccc(-c4ccncc4)cc3)cc(-c3ccc(-c4cccc5c4ccc4cc6ccccc6cc45)cc3)n2)cc1. The fourth-order valence-corrected chi connectivity index (χ4v) is 6.69. The Morgan fingerprint density at radius 1 is 0.312 bits per heavy atom. The second kappa shape index (κ2) is 11.7. The molecule has 0 aliphatic carbocycles. The summed E-state index contributed by atoms with van der Waals surface area (Å²) >= 11 is 0. The highest BCUT2D eigenvalue weighted by molar-refractivity contribution is 6.15. The summed E-state index contributed by atoms with van der Waals surface area (Å²) in [6.07, 6.45) is 3.64. The Morgan fingerprint density at radius 2 is 0.917 bits per heavy atom. The van der Waals surface area contributed by atoms with Crippen molar-refractivity contribution in [1.29, 1.82) is 0 Å². The Bertz CT molecular complexity index is 2580. The molecule has 224 valence electrons. The predicted octanol–water partition coefficient (Wildman–Crippen LogP) is 11.7. The van der Waals surface area contributed by atoms with E-state index in [4.69, 9.17) is 9.97 Å². The molecular formula is C45H29N3. The Hall–Kier alpha value is -6.45. The first-order chi connectivity index (χ1) is 23.8. The van der Waals surface area contributed by atoms with E-state index in [1.165, 1.54) is 43.4 Å². The zero-order valence-corrected chi connectivity index (χ0v) is 26.1. The lowest BCUT2D eigenvalue weighted by Gasteiger charge is -2.12. The molecule has 0 atom stereocenters. The lowest BCUT2D eigenvalue weighted by Crippen LogP contribution is -1.96. The van der Waals surface area contributed by atoms with Crippen LogP contribution in [0.2, 0.25) is 0 Å². The summed E-state index contributed by atoms with van der Waals surface area (Å²) in [7, 11) is 0. The minimum absolute atomic E-state index is 0.707. The molecule has 0 aliphatic rings. The summed E-state index contributed by atoms with van der Waals surface area (Å²) in [6, 6.07) is 58.0. The van der Waals surface area contributed by atoms with Crippen LogP contribution in [0.1, 0.15) is 0 Å². The number of hydrogen-bond donors (Lipinski definition) is 0. The molecule has 0 aliphatic heterocycles. The summed E-state index contributed by atoms with van der Waals surface area (Å²) in [4.78, 5) is 14.2. The largest absolute Gasteiger partial charge is 0.265 e. The molecule has 0 spiro atoms. The average Bonchev–Trinajstić information content (AvgIpc) is 3.17. The molecule has 3 heteroatoms. The lowest BCUT2D eigenvalue weighted by atomic mass is 9.93. The van der Waals surface area contributed by atoms with Gasteiger partial charge in [-0.05, 0) is 84.9 Å². The Morgan fingerprint density at radius 3 is 1.62 bits per heavy atom. The molecule has 0 amide bonds. The van der Waals surface area contributed by atoms with E-state index >= 15 is 0 Å². The molecule has 2 aromatic heterocycles. The first-order valence-corrected chi connectivity index (χ1v) is 16.2. The summed E-state index contributed by atoms with van der Waals surface area (Å²) < 4.78 is 0. The van der Waals surface area contributed by atoms with Crippen LogP contribution >= 0.6 is 0 Å². The van der Waals surface area contributed by atoms with E-state index in [0.717, 1.165) is 39.2 Å². The fourth-order valence-electron chi connectivity index (χ4n) is 6.69. The molecule has 0 N–H and O–H groups in total. The molecule has 0 saturated heterocycles. The van der Waals surface area contributed by atoms with Gasteiger partial charge >= 0.3 is 0 Å². The highest BCUT2D eigenvalue weighted by atomic mass is 14.9. The van der Waals surface area contributed by atoms with Gasteiger partial charge in [0.05, 0.1) is 11.4 Å². The molecule has 7 aromatic carbocycles. The van der Waals surface area contributed by atoms with Gasteiger partial charge in [-0.1, -0.05) is 133 Å². The predicted molar refractivity (Wildman–Crippen MR) is 200 cm³/mol. The van der Waals surface area contributed by atoms with E-state index < -0.39 is 0 Å². The Labute approximate surface area is 278 Å². The number of benzene rings is 7. The third-order valence-corrected chi connectivity index (χ3v) is 9.19. The van der Waals surface area contributed by atoms with Crippen molar-refractivity contribution < 1.29 is 0 Å². The maximum absolute atomic E-state index is 5.06. The number of fused-ring (bicyclic) bond motifs is 4. The molecule has 3 nitrogen and oxygen atoms in total. The van der Waals surface area contributed by atoms with Crippen molar-refractivity contribution in [1.82, 2.24) is 15.0 Å². The fraction of sp³-hybridized carbons (Fsp3) is 0. The van der Waals surface area contributed by atoms with E-state index in [1.54, 1.807) is 0 Å². The van der Waals surface area contributed by atoms with E-state index in [9.17, 15) is 0 Å². The number of aromatic nitrogens is 3. The van der Waals surface area contributed by atoms with Crippen molar-refractivity contribution in [2.75, 3.05) is 0 Å². The summed E-state index contributed by atoms with van der Waals surface area (Å²) in [6.45, 7) is 0. The van der Waals surface area contributed by atoms with E-state index in [0.29, 0.717) is 5.82 Å². The first kappa shape index (κ1) is 27.8. The second-order valence-electron chi connectivity index (χ2n) is 12.1. The normalized spacial score (nSPS) is 11.3. The number of nitrogens with zero attached hydrogens (tertiary/aromatic N) is 3. The molecule has 0 radical (unpaired) electrons. The van der Waals surface area contributed by atoms with Gasteiger partial charge in [0.25, 0.3) is 0 Å². The smallest absolute Gasteiger partial charge is 0.160 e. The third kappa shape index (κ3) is 5.08. The van der Waals surface area contributed by atoms with Crippen LogP contribution < -0.4 is 0 Å². The van der Waals surface area contributed by atoms with Crippen LogP contribution in [0.4, 0.5) is 0 Å². The van der Waals surface area contributed by atoms with Crippen molar-refractivity contribution >= 4 is 32.3 Å². The molecule has 0 unspecified atom stereocenters. The quantitative estimate of drug-likeness (QED) is 0.144. The number of hydrogen-bond acceptors (Lipinski definition) is 3. The standard InChI is InChI=1S/C45H29N3/c1-2-7-35(8-3-1)45-47-43(33-17-13-30(14-18-33)31-23-25-46-26-24-31)29-44(48-45)34-19-15-32(16-20-34)39-11-6-12-40-41(39)22-21-38-27-36-9-4-5-10-37(36)28-42(38)40/h1-29H. The summed E-state index contributed by atoms with van der Waals surface area (Å²) in [5.41, 5.74) is 9.53. The minimum atomic E-state index is 0.707. The second-order valence-corrected chi connectivity index (χ2v) is 12.1. The number of pyridine rings is 1. The zero-order valence-electron chi connectivity index (χ0n) is 26.1. The number of rotatable bonds is 5. The maximum atomic E-state index is 5.06. The first-order valence-electron chi connectivity index (χ1n) is 16.2. The van der Waals surface area contributed by atoms with Crippen LogP contribution in [0.5, 0.6) is 0 Å². The third-order valence-electron chi connectivity index (χ3n) is 9.19. The van der Waals surface area contributed by atoms with Crippen molar-refractivity contribution in [3.05, 3.63) is 176 Å². The maximum Gasteiger partial charge on any atom is 0.160 e. The van der Waals surface area contributed by atoms with Gasteiger partial charge in [-0.25, -0.2) is 9.97 Å². The van der Waals surface area contributed by atoms with Crippen LogP contribution in [0, 0.1) is 0 Å². The molecular weight excluding hydrogens is 583 g/mol. The molecule has 0 bridgehead atoms. The molecule has 9 aromatic rings. The van der Waals surface area contributed by atoms with Gasteiger partial charge in [-0.3, -0.25) is 4.98 Å². The molecule has 0 fully saturated rings. The van der Waals surface area contributed by atoms with E-state index in [1.807, 2.05) is 42.7 Å². The van der Waals surface area contributed by atoms with Crippen molar-refractivity contribution in [2.24, 2.45) is 0 Å². The summed E-state index contributed by atoms with van der Waals surface area (Å²) in [5, 5.41) is 7.58. The van der Waals surface area contributed by atoms with Crippen LogP contribution in [-0.2, 0) is 0 Å². The average molecular weight is 612 g/mol. The highest BCUT2D eigenvalue weighted by Crippen LogP contribution is 2.36. The zero-order chi connectivity index (χ0) is 31.9. The van der Waals surface area contributed by atoms with Gasteiger partial charge in [0, 0.05) is 29.1 Å². The Balaban J connectivity index is 1.11. The van der Waals surface area contributed by atoms with Gasteiger partial charge in [-0.15, -0.1) is 0 Å². The van der Waals surface area contributed by atoms with Crippen LogP contribution in [0.25, 0.3) is 88.5 Å². The minimum Gasteiger partial charge on any atom is -0.265 e. The van der Waals surface area contributed by atoms with Gasteiger partial charge < -0.3 is 0 Å². The van der Waals surface area contributed by atoms with Gasteiger partial charge in [-0.2, -0.15) is 0 Å². The van der Waals surface area contributed by atoms with Crippen LogP contribution in [0.15, 0.2) is 176 Å². The van der Waals surface area contributed by atoms with E-state index in [-0.39, 0.29) is 0 Å². The Kier molecular flexibility index (Phi) is 6.80. The summed E-state index contributed by atoms with van der Waals surface area (Å²) in [5.74, 6) is 0.707. The lowest BCUT2D eigenvalue weighted by molar-refractivity contribution is 1.18. The van der Waals surface area contributed by atoms with Gasteiger partial charge in [0.2, 0.25) is 0 Å². The van der Waals surface area contributed by atoms with Gasteiger partial charge in [0.15, 0.2) is 5.82 Å². The topological polar surface area (TPSA) is 38.7 Å². The monoisotopic (exact) mass is 611 g/mol. The van der Waals surface area contributed by atoms with Crippen molar-refractivity contribution in [3.63, 3.8) is 0 Å². The van der Waals surface area contributed by atoms with Crippen molar-refractivity contribution in [3.8, 4) is 56.2 Å². The van der Waals surface area contributed by atoms with Crippen molar-refractivity contribution in [2.45, 2.75) is 0 Å². The molecule has 0 saturated carbocycles. The van der Waals surface area contributed by atoms with Crippen LogP contribution in [0.3, 0.4) is 0 Å². The highest BCUT2D eigenvalue weighted by Gasteiger charge is 2.13. The molecule has 48 heavy (non-hydrogen) atoms. The molecule has 9 rings (SSSR count). The van der Waals surface area contributed by atoms with Gasteiger partial charge in [0.1, 0.15) is 0 Å². The van der Waals surface area contributed by atoms with E-state index in [2.05, 4.69) is 138 Å². The molecule has 2 heterocycles.